The van der Waals surface area contributed by atoms with E-state index in [-0.39, 0.29) is 11.2 Å². The van der Waals surface area contributed by atoms with Gasteiger partial charge in [0.2, 0.25) is 0 Å². The normalized spacial score (nSPS) is 12.4. The van der Waals surface area contributed by atoms with Crippen LogP contribution in [0.15, 0.2) is 97.1 Å². The highest BCUT2D eigenvalue weighted by Gasteiger charge is 2.20. The summed E-state index contributed by atoms with van der Waals surface area (Å²) in [5, 5.41) is 0. The van der Waals surface area contributed by atoms with Gasteiger partial charge in [-0.15, -0.1) is 0 Å². The molecule has 0 saturated carbocycles. The fourth-order valence-electron chi connectivity index (χ4n) is 3.38. The molecule has 166 valence electrons. The summed E-state index contributed by atoms with van der Waals surface area (Å²) in [5.74, 6) is 1.69. The van der Waals surface area contributed by atoms with Crippen molar-refractivity contribution < 1.29 is 9.47 Å². The summed E-state index contributed by atoms with van der Waals surface area (Å²) >= 11 is 0. The van der Waals surface area contributed by atoms with E-state index in [1.54, 1.807) is 0 Å². The molecule has 0 spiro atoms. The third-order valence-electron chi connectivity index (χ3n) is 5.05. The highest BCUT2D eigenvalue weighted by atomic mass is 16.5. The van der Waals surface area contributed by atoms with Gasteiger partial charge in [-0.1, -0.05) is 85.0 Å². The van der Waals surface area contributed by atoms with Crippen LogP contribution in [-0.2, 0) is 0 Å². The maximum absolute atomic E-state index is 6.22. The smallest absolute Gasteiger partial charge is 0.120 e. The minimum absolute atomic E-state index is 0.296. The van der Waals surface area contributed by atoms with Crippen molar-refractivity contribution in [1.82, 2.24) is 0 Å². The van der Waals surface area contributed by atoms with Crippen LogP contribution in [0.5, 0.6) is 11.5 Å². The molecule has 0 saturated heterocycles. The van der Waals surface area contributed by atoms with E-state index in [1.165, 1.54) is 11.1 Å². The summed E-state index contributed by atoms with van der Waals surface area (Å²) in [6.45, 7) is 8.42. The molecule has 0 fully saturated rings. The van der Waals surface area contributed by atoms with E-state index in [9.17, 15) is 0 Å². The Morgan fingerprint density at radius 1 is 0.531 bits per heavy atom. The molecule has 0 aliphatic rings. The van der Waals surface area contributed by atoms with Crippen LogP contribution in [0.3, 0.4) is 0 Å². The lowest BCUT2D eigenvalue weighted by Crippen LogP contribution is -2.28. The van der Waals surface area contributed by atoms with Gasteiger partial charge in [-0.3, -0.25) is 0 Å². The lowest BCUT2D eigenvalue weighted by molar-refractivity contribution is 0.108. The van der Waals surface area contributed by atoms with Gasteiger partial charge in [0.05, 0.1) is 0 Å². The van der Waals surface area contributed by atoms with Crippen molar-refractivity contribution in [2.45, 2.75) is 51.7 Å². The molecule has 0 radical (unpaired) electrons. The van der Waals surface area contributed by atoms with Gasteiger partial charge >= 0.3 is 0 Å². The lowest BCUT2D eigenvalue weighted by atomic mass is 10.0. The van der Waals surface area contributed by atoms with E-state index in [2.05, 4.69) is 76.3 Å². The molecule has 3 aromatic carbocycles. The van der Waals surface area contributed by atoms with Crippen LogP contribution < -0.4 is 9.47 Å². The summed E-state index contributed by atoms with van der Waals surface area (Å²) in [6, 6.07) is 28.6. The zero-order valence-corrected chi connectivity index (χ0v) is 19.6. The number of hydrogen-bond donors (Lipinski definition) is 0. The molecule has 0 atom stereocenters. The van der Waals surface area contributed by atoms with Gasteiger partial charge in [0, 0.05) is 12.8 Å². The van der Waals surface area contributed by atoms with E-state index in [0.717, 1.165) is 24.3 Å². The van der Waals surface area contributed by atoms with Crippen molar-refractivity contribution >= 4 is 12.2 Å². The fourth-order valence-corrected chi connectivity index (χ4v) is 3.38. The molecule has 0 amide bonds. The molecule has 0 aliphatic carbocycles. The molecule has 2 nitrogen and oxygen atoms in total. The van der Waals surface area contributed by atoms with Crippen molar-refractivity contribution in [1.29, 1.82) is 0 Å². The third-order valence-corrected chi connectivity index (χ3v) is 5.05. The maximum atomic E-state index is 6.22. The van der Waals surface area contributed by atoms with Crippen LogP contribution in [0.2, 0.25) is 0 Å². The summed E-state index contributed by atoms with van der Waals surface area (Å²) < 4.78 is 12.4. The Morgan fingerprint density at radius 2 is 0.875 bits per heavy atom. The Kier molecular flexibility index (Phi) is 7.94. The molecule has 3 rings (SSSR count). The summed E-state index contributed by atoms with van der Waals surface area (Å²) in [6.07, 6.45) is 10.2. The monoisotopic (exact) mass is 426 g/mol. The van der Waals surface area contributed by atoms with Gasteiger partial charge in [-0.25, -0.2) is 0 Å². The van der Waals surface area contributed by atoms with Crippen molar-refractivity contribution in [2.24, 2.45) is 0 Å². The van der Waals surface area contributed by atoms with Gasteiger partial charge in [0.15, 0.2) is 0 Å². The molecular formula is C30H34O2. The zero-order chi connectivity index (χ0) is 22.9. The van der Waals surface area contributed by atoms with Crippen molar-refractivity contribution in [3.63, 3.8) is 0 Å². The highest BCUT2D eigenvalue weighted by molar-refractivity contribution is 5.49. The first kappa shape index (κ1) is 23.4. The SMILES string of the molecule is CC(C)(CC=Cc1ccccc1)Oc1ccc(OC(C)(C)CC=Cc2ccccc2)cc1. The number of rotatable bonds is 10. The van der Waals surface area contributed by atoms with E-state index in [0.29, 0.717) is 0 Å². The van der Waals surface area contributed by atoms with Gasteiger partial charge in [0.1, 0.15) is 22.7 Å². The Bertz CT molecular complexity index is 913. The minimum Gasteiger partial charge on any atom is -0.488 e. The molecule has 3 aromatic rings. The van der Waals surface area contributed by atoms with Crippen LogP contribution in [0.1, 0.15) is 51.7 Å². The largest absolute Gasteiger partial charge is 0.488 e. The van der Waals surface area contributed by atoms with E-state index in [4.69, 9.17) is 9.47 Å². The molecule has 0 N–H and O–H groups in total. The second-order valence-electron chi connectivity index (χ2n) is 9.23. The number of benzene rings is 3. The van der Waals surface area contributed by atoms with Crippen LogP contribution in [0.4, 0.5) is 0 Å². The van der Waals surface area contributed by atoms with Crippen LogP contribution in [-0.4, -0.2) is 11.2 Å². The molecule has 0 heterocycles. The van der Waals surface area contributed by atoms with E-state index >= 15 is 0 Å². The predicted octanol–water partition coefficient (Wildman–Crippen LogP) is 8.21. The van der Waals surface area contributed by atoms with E-state index in [1.807, 2.05) is 60.7 Å². The summed E-state index contributed by atoms with van der Waals surface area (Å²) in [7, 11) is 0. The molecule has 2 heteroatoms. The zero-order valence-electron chi connectivity index (χ0n) is 19.6. The topological polar surface area (TPSA) is 18.5 Å². The van der Waals surface area contributed by atoms with Crippen LogP contribution in [0.25, 0.3) is 12.2 Å². The Balaban J connectivity index is 1.51. The molecular weight excluding hydrogens is 392 g/mol. The quantitative estimate of drug-likeness (QED) is 0.325. The lowest BCUT2D eigenvalue weighted by Gasteiger charge is -2.27. The predicted molar refractivity (Wildman–Crippen MR) is 136 cm³/mol. The summed E-state index contributed by atoms with van der Waals surface area (Å²) in [5.41, 5.74) is 1.81. The second-order valence-corrected chi connectivity index (χ2v) is 9.23. The molecule has 0 aliphatic heterocycles. The Labute approximate surface area is 193 Å². The first-order valence-electron chi connectivity index (χ1n) is 11.2. The van der Waals surface area contributed by atoms with Crippen LogP contribution in [0, 0.1) is 0 Å². The standard InChI is InChI=1S/C30H34O2/c1-29(2,23-11-17-25-13-7-5-8-14-25)31-27-19-21-28(22-20-27)32-30(3,4)24-12-18-26-15-9-6-10-16-26/h5-22H,23-24H2,1-4H3. The molecule has 0 aromatic heterocycles. The molecule has 32 heavy (non-hydrogen) atoms. The van der Waals surface area contributed by atoms with Gasteiger partial charge in [-0.2, -0.15) is 0 Å². The molecule has 0 unspecified atom stereocenters. The first-order chi connectivity index (χ1) is 15.3. The Morgan fingerprint density at radius 3 is 1.22 bits per heavy atom. The van der Waals surface area contributed by atoms with Gasteiger partial charge < -0.3 is 9.47 Å². The summed E-state index contributed by atoms with van der Waals surface area (Å²) in [4.78, 5) is 0. The van der Waals surface area contributed by atoms with Crippen molar-refractivity contribution in [2.75, 3.05) is 0 Å². The third kappa shape index (κ3) is 8.11. The average molecular weight is 427 g/mol. The fraction of sp³-hybridized carbons (Fsp3) is 0.267. The average Bonchev–Trinajstić information content (AvgIpc) is 2.76. The van der Waals surface area contributed by atoms with E-state index < -0.39 is 0 Å². The van der Waals surface area contributed by atoms with Crippen molar-refractivity contribution in [3.8, 4) is 11.5 Å². The number of hydrogen-bond acceptors (Lipinski definition) is 2. The van der Waals surface area contributed by atoms with Crippen molar-refractivity contribution in [3.05, 3.63) is 108 Å². The highest BCUT2D eigenvalue weighted by Crippen LogP contribution is 2.27. The second kappa shape index (κ2) is 10.9. The van der Waals surface area contributed by atoms with Gasteiger partial charge in [0.25, 0.3) is 0 Å². The number of ether oxygens (including phenoxy) is 2. The first-order valence-corrected chi connectivity index (χ1v) is 11.2. The van der Waals surface area contributed by atoms with Gasteiger partial charge in [-0.05, 0) is 63.1 Å². The maximum Gasteiger partial charge on any atom is 0.120 e. The minimum atomic E-state index is -0.296. The Hall–Kier alpha value is -3.26. The molecule has 0 bridgehead atoms. The van der Waals surface area contributed by atoms with Crippen LogP contribution >= 0.6 is 0 Å².